The van der Waals surface area contributed by atoms with E-state index in [-0.39, 0.29) is 22.5 Å². The molecule has 2 N–H and O–H groups in total. The molecule has 0 spiro atoms. The molecule has 16 heteroatoms. The summed E-state index contributed by atoms with van der Waals surface area (Å²) >= 11 is 22.7. The fourth-order valence-corrected chi connectivity index (χ4v) is 5.33. The van der Waals surface area contributed by atoms with Gasteiger partial charge in [-0.25, -0.2) is 46.3 Å². The van der Waals surface area contributed by atoms with Crippen molar-refractivity contribution in [2.75, 3.05) is 11.8 Å². The van der Waals surface area contributed by atoms with Gasteiger partial charge in [0.25, 0.3) is 0 Å². The molecule has 0 unspecified atom stereocenters. The van der Waals surface area contributed by atoms with E-state index in [9.17, 15) is 36.6 Å². The van der Waals surface area contributed by atoms with Crippen LogP contribution < -0.4 is 0 Å². The summed E-state index contributed by atoms with van der Waals surface area (Å²) in [7, 11) is 0. The topological polar surface area (TPSA) is 92.0 Å². The van der Waals surface area contributed by atoms with Crippen LogP contribution in [-0.2, 0) is 11.2 Å². The monoisotopic (exact) mass is 700 g/mol. The van der Waals surface area contributed by atoms with Gasteiger partial charge in [-0.2, -0.15) is 0 Å². The molecule has 2 heterocycles. The third-order valence-corrected chi connectivity index (χ3v) is 8.35. The lowest BCUT2D eigenvalue weighted by molar-refractivity contribution is 0.0295. The Labute approximate surface area is 267 Å². The number of hydrogen-bond donors (Lipinski definition) is 2. The Bertz CT molecular complexity index is 1520. The molecule has 0 amide bonds. The van der Waals surface area contributed by atoms with Gasteiger partial charge in [-0.15, -0.1) is 23.2 Å². The highest BCUT2D eigenvalue weighted by Crippen LogP contribution is 2.41. The van der Waals surface area contributed by atoms with E-state index >= 15 is 0 Å². The fourth-order valence-electron chi connectivity index (χ4n) is 4.30. The number of rotatable bonds is 8. The van der Waals surface area contributed by atoms with Crippen LogP contribution in [-0.4, -0.2) is 41.9 Å². The van der Waals surface area contributed by atoms with E-state index in [2.05, 4.69) is 19.9 Å². The molecule has 0 radical (unpaired) electrons. The maximum atomic E-state index is 14.0. The van der Waals surface area contributed by atoms with Crippen molar-refractivity contribution in [1.29, 1.82) is 0 Å². The van der Waals surface area contributed by atoms with Crippen molar-refractivity contribution in [2.45, 2.75) is 36.9 Å². The number of nitrogens with zero attached hydrogens (tertiary/aromatic N) is 4. The lowest BCUT2D eigenvalue weighted by Crippen LogP contribution is -2.36. The zero-order valence-electron chi connectivity index (χ0n) is 22.7. The van der Waals surface area contributed by atoms with Crippen LogP contribution in [0.15, 0.2) is 49.1 Å². The van der Waals surface area contributed by atoms with E-state index in [0.717, 1.165) is 36.9 Å². The number of halogens is 10. The Hall–Kier alpha value is -2.74. The number of benzene rings is 2. The zero-order valence-corrected chi connectivity index (χ0v) is 25.7. The predicted molar refractivity (Wildman–Crippen MR) is 153 cm³/mol. The highest BCUT2D eigenvalue weighted by molar-refractivity contribution is 6.29. The van der Waals surface area contributed by atoms with E-state index in [1.807, 2.05) is 0 Å². The normalized spacial score (nSPS) is 15.4. The molecule has 44 heavy (non-hydrogen) atoms. The van der Waals surface area contributed by atoms with Gasteiger partial charge in [-0.3, -0.25) is 0 Å². The smallest absolute Gasteiger partial charge is 0.182 e. The third-order valence-electron chi connectivity index (χ3n) is 7.00. The van der Waals surface area contributed by atoms with Crippen molar-refractivity contribution >= 4 is 46.4 Å². The third kappa shape index (κ3) is 7.21. The molecule has 0 aliphatic rings. The van der Waals surface area contributed by atoms with E-state index in [4.69, 9.17) is 46.4 Å². The number of hydrogen-bond acceptors (Lipinski definition) is 6. The van der Waals surface area contributed by atoms with Crippen LogP contribution in [0.3, 0.4) is 0 Å². The van der Waals surface area contributed by atoms with Crippen molar-refractivity contribution in [3.63, 3.8) is 0 Å². The van der Waals surface area contributed by atoms with E-state index in [1.54, 1.807) is 0 Å². The Morgan fingerprint density at radius 3 is 1.27 bits per heavy atom. The molecule has 4 rings (SSSR count). The number of alkyl halides is 2. The van der Waals surface area contributed by atoms with Gasteiger partial charge in [0.15, 0.2) is 21.9 Å². The zero-order chi connectivity index (χ0) is 33.0. The SMILES string of the molecule is C[C@@H](c1ncnc(Cl)c1F)[C@@](O)(CCl)c1ccc(F)cc1F.C[C@H](c1ncnc(Cl)c1F)[C@](O)(CCl)c1ccc(F)cc1F. The van der Waals surface area contributed by atoms with E-state index < -0.39 is 80.0 Å². The molecule has 0 aliphatic heterocycles. The summed E-state index contributed by atoms with van der Waals surface area (Å²) in [6.45, 7) is 2.82. The molecular formula is C28H22Cl4F6N4O2. The largest absolute Gasteiger partial charge is 0.383 e. The Morgan fingerprint density at radius 1 is 0.636 bits per heavy atom. The molecule has 236 valence electrons. The first-order chi connectivity index (χ1) is 20.6. The Morgan fingerprint density at radius 2 is 0.977 bits per heavy atom. The molecule has 4 aromatic rings. The van der Waals surface area contributed by atoms with Gasteiger partial charge in [-0.05, 0) is 12.1 Å². The van der Waals surface area contributed by atoms with Crippen LogP contribution in [0, 0.1) is 34.9 Å². The highest BCUT2D eigenvalue weighted by Gasteiger charge is 2.42. The quantitative estimate of drug-likeness (QED) is 0.112. The van der Waals surface area contributed by atoms with Gasteiger partial charge in [0.2, 0.25) is 0 Å². The van der Waals surface area contributed by atoms with Crippen LogP contribution in [0.1, 0.15) is 48.2 Å². The molecule has 0 bridgehead atoms. The first kappa shape index (κ1) is 35.7. The van der Waals surface area contributed by atoms with Gasteiger partial charge in [0, 0.05) is 35.1 Å². The molecule has 0 saturated carbocycles. The van der Waals surface area contributed by atoms with Crippen molar-refractivity contribution in [1.82, 2.24) is 19.9 Å². The molecule has 0 fully saturated rings. The second kappa shape index (κ2) is 14.6. The Kier molecular flexibility index (Phi) is 11.8. The minimum Gasteiger partial charge on any atom is -0.383 e. The standard InChI is InChI=1S/2C14H11Cl2F3N2O/c2*1-7(12-11(19)13(16)21-6-20-12)14(22,5-15)9-3-2-8(17)4-10(9)18/h2*2-4,6-7,22H,5H2,1H3/t2*7-,14-/m10/s1. The minimum absolute atomic E-state index is 0.216. The van der Waals surface area contributed by atoms with Crippen LogP contribution in [0.25, 0.3) is 0 Å². The number of aliphatic hydroxyl groups is 2. The highest BCUT2D eigenvalue weighted by atomic mass is 35.5. The molecule has 6 nitrogen and oxygen atoms in total. The fraction of sp³-hybridized carbons (Fsp3) is 0.286. The van der Waals surface area contributed by atoms with Gasteiger partial charge in [-0.1, -0.05) is 49.2 Å². The summed E-state index contributed by atoms with van der Waals surface area (Å²) in [5, 5.41) is 20.6. The number of aromatic nitrogens is 4. The van der Waals surface area contributed by atoms with Gasteiger partial charge >= 0.3 is 0 Å². The van der Waals surface area contributed by atoms with Gasteiger partial charge < -0.3 is 10.2 Å². The molecule has 0 saturated heterocycles. The first-order valence-electron chi connectivity index (χ1n) is 12.4. The summed E-state index contributed by atoms with van der Waals surface area (Å²) in [6, 6.07) is 5.30. The van der Waals surface area contributed by atoms with Crippen LogP contribution in [0.5, 0.6) is 0 Å². The predicted octanol–water partition coefficient (Wildman–Crippen LogP) is 7.55. The van der Waals surface area contributed by atoms with Crippen LogP contribution >= 0.6 is 46.4 Å². The van der Waals surface area contributed by atoms with Crippen molar-refractivity contribution in [3.8, 4) is 0 Å². The average molecular weight is 702 g/mol. The summed E-state index contributed by atoms with van der Waals surface area (Å²) in [5.74, 6) is -8.47. The maximum absolute atomic E-state index is 14.0. The minimum atomic E-state index is -2.00. The lowest BCUT2D eigenvalue weighted by Gasteiger charge is -2.32. The molecule has 0 aliphatic carbocycles. The van der Waals surface area contributed by atoms with Gasteiger partial charge in [0.1, 0.15) is 47.1 Å². The van der Waals surface area contributed by atoms with Crippen molar-refractivity contribution in [3.05, 3.63) is 117 Å². The van der Waals surface area contributed by atoms with Crippen molar-refractivity contribution < 1.29 is 36.6 Å². The van der Waals surface area contributed by atoms with Crippen molar-refractivity contribution in [2.24, 2.45) is 0 Å². The summed E-state index contributed by atoms with van der Waals surface area (Å²) in [6.07, 6.45) is 2.04. The second-order valence-corrected chi connectivity index (χ2v) is 10.8. The molecule has 4 atom stereocenters. The lowest BCUT2D eigenvalue weighted by atomic mass is 9.81. The molecule has 2 aromatic heterocycles. The molecule has 2 aromatic carbocycles. The van der Waals surface area contributed by atoms with E-state index in [0.29, 0.717) is 12.1 Å². The summed E-state index contributed by atoms with van der Waals surface area (Å²) < 4.78 is 82.1. The maximum Gasteiger partial charge on any atom is 0.182 e. The Balaban J connectivity index is 0.000000240. The average Bonchev–Trinajstić information content (AvgIpc) is 2.98. The van der Waals surface area contributed by atoms with Crippen LogP contribution in [0.4, 0.5) is 26.3 Å². The first-order valence-corrected chi connectivity index (χ1v) is 14.2. The summed E-state index contributed by atoms with van der Waals surface area (Å²) in [5.41, 5.74) is -4.95. The molecular weight excluding hydrogens is 680 g/mol. The van der Waals surface area contributed by atoms with E-state index in [1.165, 1.54) is 13.8 Å². The second-order valence-electron chi connectivity index (χ2n) is 9.53. The van der Waals surface area contributed by atoms with Crippen LogP contribution in [0.2, 0.25) is 10.3 Å². The van der Waals surface area contributed by atoms with Gasteiger partial charge in [0.05, 0.1) is 23.1 Å². The summed E-state index contributed by atoms with van der Waals surface area (Å²) in [4.78, 5) is 14.4.